The van der Waals surface area contributed by atoms with Gasteiger partial charge in [-0.25, -0.2) is 4.39 Å². The molecule has 21 heavy (non-hydrogen) atoms. The molecule has 0 aliphatic heterocycles. The van der Waals surface area contributed by atoms with Crippen molar-refractivity contribution >= 4 is 0 Å². The van der Waals surface area contributed by atoms with Crippen LogP contribution in [-0.2, 0) is 0 Å². The van der Waals surface area contributed by atoms with Crippen LogP contribution in [0.25, 0.3) is 0 Å². The third-order valence-corrected chi connectivity index (χ3v) is 2.96. The molecule has 0 spiro atoms. The lowest BCUT2D eigenvalue weighted by Gasteiger charge is -2.14. The molecule has 2 rings (SSSR count). The Bertz CT molecular complexity index is 579. The van der Waals surface area contributed by atoms with Gasteiger partial charge in [-0.1, -0.05) is 19.1 Å². The molecule has 1 N–H and O–H groups in total. The second kappa shape index (κ2) is 7.09. The number of ether oxygens (including phenoxy) is 2. The van der Waals surface area contributed by atoms with Crippen molar-refractivity contribution in [1.29, 1.82) is 0 Å². The Balaban J connectivity index is 2.18. The number of aliphatic hydroxyl groups excluding tert-OH is 1. The van der Waals surface area contributed by atoms with E-state index in [0.29, 0.717) is 17.9 Å². The zero-order chi connectivity index (χ0) is 15.2. The SMILES string of the molecule is CCCOc1ccc(Oc2c(F)cccc2C(C)O)cc1. The van der Waals surface area contributed by atoms with Gasteiger partial charge < -0.3 is 14.6 Å². The molecule has 1 unspecified atom stereocenters. The minimum atomic E-state index is -0.803. The number of rotatable bonds is 6. The maximum absolute atomic E-state index is 13.9. The van der Waals surface area contributed by atoms with E-state index in [2.05, 4.69) is 0 Å². The first kappa shape index (κ1) is 15.3. The molecule has 0 amide bonds. The second-order valence-corrected chi connectivity index (χ2v) is 4.76. The molecule has 0 bridgehead atoms. The smallest absolute Gasteiger partial charge is 0.168 e. The summed E-state index contributed by atoms with van der Waals surface area (Å²) in [4.78, 5) is 0. The summed E-state index contributed by atoms with van der Waals surface area (Å²) in [7, 11) is 0. The molecule has 0 aromatic heterocycles. The number of hydrogen-bond donors (Lipinski definition) is 1. The highest BCUT2D eigenvalue weighted by atomic mass is 19.1. The van der Waals surface area contributed by atoms with Crippen LogP contribution in [-0.4, -0.2) is 11.7 Å². The molecule has 0 fully saturated rings. The Kier molecular flexibility index (Phi) is 5.17. The van der Waals surface area contributed by atoms with Crippen LogP contribution in [0.4, 0.5) is 4.39 Å². The van der Waals surface area contributed by atoms with E-state index in [-0.39, 0.29) is 5.75 Å². The van der Waals surface area contributed by atoms with Gasteiger partial charge in [0.05, 0.1) is 12.7 Å². The number of aliphatic hydroxyl groups is 1. The van der Waals surface area contributed by atoms with Crippen LogP contribution in [0.2, 0.25) is 0 Å². The lowest BCUT2D eigenvalue weighted by molar-refractivity contribution is 0.194. The van der Waals surface area contributed by atoms with Gasteiger partial charge in [0.1, 0.15) is 11.5 Å². The number of para-hydroxylation sites is 1. The Morgan fingerprint density at radius 3 is 2.38 bits per heavy atom. The molecule has 0 radical (unpaired) electrons. The highest BCUT2D eigenvalue weighted by Gasteiger charge is 2.14. The highest BCUT2D eigenvalue weighted by Crippen LogP contribution is 2.32. The number of benzene rings is 2. The topological polar surface area (TPSA) is 38.7 Å². The summed E-state index contributed by atoms with van der Waals surface area (Å²) in [5.41, 5.74) is 0.418. The molecule has 0 aliphatic carbocycles. The fraction of sp³-hybridized carbons (Fsp3) is 0.294. The van der Waals surface area contributed by atoms with E-state index in [0.717, 1.165) is 12.2 Å². The van der Waals surface area contributed by atoms with Crippen LogP contribution < -0.4 is 9.47 Å². The summed E-state index contributed by atoms with van der Waals surface area (Å²) in [6.07, 6.45) is 0.133. The summed E-state index contributed by atoms with van der Waals surface area (Å²) < 4.78 is 24.9. The van der Waals surface area contributed by atoms with Gasteiger partial charge in [-0.2, -0.15) is 0 Å². The fourth-order valence-corrected chi connectivity index (χ4v) is 1.90. The van der Waals surface area contributed by atoms with Gasteiger partial charge in [-0.05, 0) is 43.7 Å². The molecular weight excluding hydrogens is 271 g/mol. The molecule has 4 heteroatoms. The zero-order valence-corrected chi connectivity index (χ0v) is 12.2. The maximum atomic E-state index is 13.9. The van der Waals surface area contributed by atoms with Crippen LogP contribution in [0.3, 0.4) is 0 Å². The van der Waals surface area contributed by atoms with Crippen molar-refractivity contribution < 1.29 is 19.0 Å². The standard InChI is InChI=1S/C17H19FO3/c1-3-11-20-13-7-9-14(10-8-13)21-17-15(12(2)19)5-4-6-16(17)18/h4-10,12,19H,3,11H2,1-2H3. The van der Waals surface area contributed by atoms with E-state index >= 15 is 0 Å². The number of hydrogen-bond acceptors (Lipinski definition) is 3. The zero-order valence-electron chi connectivity index (χ0n) is 12.2. The van der Waals surface area contributed by atoms with Gasteiger partial charge in [0.25, 0.3) is 0 Å². The lowest BCUT2D eigenvalue weighted by atomic mass is 10.1. The van der Waals surface area contributed by atoms with Crippen LogP contribution >= 0.6 is 0 Å². The molecule has 2 aromatic carbocycles. The minimum absolute atomic E-state index is 0.0507. The first-order chi connectivity index (χ1) is 10.1. The van der Waals surface area contributed by atoms with Crippen LogP contribution in [0.15, 0.2) is 42.5 Å². The van der Waals surface area contributed by atoms with Gasteiger partial charge in [0.15, 0.2) is 11.6 Å². The third-order valence-electron chi connectivity index (χ3n) is 2.96. The predicted molar refractivity (Wildman–Crippen MR) is 79.3 cm³/mol. The fourth-order valence-electron chi connectivity index (χ4n) is 1.90. The van der Waals surface area contributed by atoms with Crippen molar-refractivity contribution in [2.45, 2.75) is 26.4 Å². The predicted octanol–water partition coefficient (Wildman–Crippen LogP) is 4.46. The molecule has 1 atom stereocenters. The molecule has 0 saturated heterocycles. The minimum Gasteiger partial charge on any atom is -0.494 e. The molecule has 0 aliphatic rings. The summed E-state index contributed by atoms with van der Waals surface area (Å²) in [6.45, 7) is 4.26. The Morgan fingerprint density at radius 2 is 1.76 bits per heavy atom. The van der Waals surface area contributed by atoms with E-state index in [9.17, 15) is 9.50 Å². The molecule has 112 valence electrons. The Morgan fingerprint density at radius 1 is 1.10 bits per heavy atom. The lowest BCUT2D eigenvalue weighted by Crippen LogP contribution is -1.99. The van der Waals surface area contributed by atoms with Crippen molar-refractivity contribution in [1.82, 2.24) is 0 Å². The van der Waals surface area contributed by atoms with E-state index in [1.54, 1.807) is 43.3 Å². The van der Waals surface area contributed by atoms with Crippen LogP contribution in [0.5, 0.6) is 17.2 Å². The normalized spacial score (nSPS) is 12.0. The molecule has 2 aromatic rings. The second-order valence-electron chi connectivity index (χ2n) is 4.76. The van der Waals surface area contributed by atoms with E-state index < -0.39 is 11.9 Å². The third kappa shape index (κ3) is 3.95. The van der Waals surface area contributed by atoms with Crippen LogP contribution in [0.1, 0.15) is 31.9 Å². The number of halogens is 1. The van der Waals surface area contributed by atoms with E-state index in [1.165, 1.54) is 6.07 Å². The summed E-state index contributed by atoms with van der Waals surface area (Å²) >= 11 is 0. The largest absolute Gasteiger partial charge is 0.494 e. The summed E-state index contributed by atoms with van der Waals surface area (Å²) in [5, 5.41) is 9.68. The van der Waals surface area contributed by atoms with Crippen LogP contribution in [0, 0.1) is 5.82 Å². The first-order valence-electron chi connectivity index (χ1n) is 6.99. The van der Waals surface area contributed by atoms with Gasteiger partial charge in [-0.15, -0.1) is 0 Å². The van der Waals surface area contributed by atoms with Crippen molar-refractivity contribution in [2.75, 3.05) is 6.61 Å². The monoisotopic (exact) mass is 290 g/mol. The highest BCUT2D eigenvalue weighted by molar-refractivity contribution is 5.41. The van der Waals surface area contributed by atoms with E-state index in [1.807, 2.05) is 6.92 Å². The average molecular weight is 290 g/mol. The summed E-state index contributed by atoms with van der Waals surface area (Å²) in [5.74, 6) is 0.786. The average Bonchev–Trinajstić information content (AvgIpc) is 2.48. The first-order valence-corrected chi connectivity index (χ1v) is 6.99. The van der Waals surface area contributed by atoms with Crippen molar-refractivity contribution in [2.24, 2.45) is 0 Å². The Labute approximate surface area is 124 Å². The molecular formula is C17H19FO3. The van der Waals surface area contributed by atoms with Gasteiger partial charge in [0, 0.05) is 5.56 Å². The molecule has 3 nitrogen and oxygen atoms in total. The van der Waals surface area contributed by atoms with Crippen molar-refractivity contribution in [3.8, 4) is 17.2 Å². The van der Waals surface area contributed by atoms with Gasteiger partial charge in [-0.3, -0.25) is 0 Å². The van der Waals surface area contributed by atoms with Gasteiger partial charge in [0.2, 0.25) is 0 Å². The maximum Gasteiger partial charge on any atom is 0.168 e. The molecule has 0 heterocycles. The van der Waals surface area contributed by atoms with Crippen molar-refractivity contribution in [3.63, 3.8) is 0 Å². The Hall–Kier alpha value is -2.07. The van der Waals surface area contributed by atoms with E-state index in [4.69, 9.17) is 9.47 Å². The summed E-state index contributed by atoms with van der Waals surface area (Å²) in [6, 6.07) is 11.5. The van der Waals surface area contributed by atoms with Gasteiger partial charge >= 0.3 is 0 Å². The molecule has 0 saturated carbocycles. The van der Waals surface area contributed by atoms with Crippen molar-refractivity contribution in [3.05, 3.63) is 53.8 Å². The quantitative estimate of drug-likeness (QED) is 0.853.